The number of allylic oxidation sites excluding steroid dienone is 1. The lowest BCUT2D eigenvalue weighted by molar-refractivity contribution is 1.21. The average Bonchev–Trinajstić information content (AvgIpc) is 2.04. The maximum absolute atomic E-state index is 5.62. The van der Waals surface area contributed by atoms with E-state index in [9.17, 15) is 0 Å². The first-order valence-electron chi connectivity index (χ1n) is 3.41. The molecule has 1 nitrogen and oxygen atoms in total. The van der Waals surface area contributed by atoms with Crippen molar-refractivity contribution in [1.82, 2.24) is 4.98 Å². The largest absolute Gasteiger partial charge is 0.256 e. The molecule has 0 spiro atoms. The van der Waals surface area contributed by atoms with Crippen molar-refractivity contribution in [3.8, 4) is 0 Å². The van der Waals surface area contributed by atoms with E-state index in [4.69, 9.17) is 11.6 Å². The molecule has 1 rings (SSSR count). The standard InChI is InChI=1S/C9H10ClN/c1-7-4-3-5-11-9(7)8(2)6-10/h3-5H,2,6H2,1H3. The molecule has 1 aromatic heterocycles. The van der Waals surface area contributed by atoms with Crippen LogP contribution in [0.5, 0.6) is 0 Å². The van der Waals surface area contributed by atoms with Crippen molar-refractivity contribution in [3.63, 3.8) is 0 Å². The van der Waals surface area contributed by atoms with E-state index >= 15 is 0 Å². The summed E-state index contributed by atoms with van der Waals surface area (Å²) in [7, 11) is 0. The quantitative estimate of drug-likeness (QED) is 0.618. The Bertz CT molecular complexity index is 268. The summed E-state index contributed by atoms with van der Waals surface area (Å²) in [5.41, 5.74) is 2.92. The van der Waals surface area contributed by atoms with Crippen molar-refractivity contribution in [2.75, 3.05) is 5.88 Å². The maximum atomic E-state index is 5.62. The summed E-state index contributed by atoms with van der Waals surface area (Å²) < 4.78 is 0. The molecule has 0 saturated carbocycles. The molecule has 0 aromatic carbocycles. The molecule has 0 amide bonds. The normalized spacial score (nSPS) is 9.64. The zero-order valence-corrected chi connectivity index (χ0v) is 7.23. The fourth-order valence-corrected chi connectivity index (χ4v) is 1.05. The summed E-state index contributed by atoms with van der Waals surface area (Å²) in [6.45, 7) is 5.81. The average molecular weight is 168 g/mol. The van der Waals surface area contributed by atoms with Gasteiger partial charge in [-0.2, -0.15) is 0 Å². The number of aryl methyl sites for hydroxylation is 1. The van der Waals surface area contributed by atoms with Crippen molar-refractivity contribution in [1.29, 1.82) is 0 Å². The fourth-order valence-electron chi connectivity index (χ4n) is 0.919. The van der Waals surface area contributed by atoms with Crippen molar-refractivity contribution in [2.45, 2.75) is 6.92 Å². The van der Waals surface area contributed by atoms with E-state index in [-0.39, 0.29) is 0 Å². The van der Waals surface area contributed by atoms with Crippen LogP contribution >= 0.6 is 11.6 Å². The van der Waals surface area contributed by atoms with Gasteiger partial charge in [0.2, 0.25) is 0 Å². The number of pyridine rings is 1. The number of aromatic nitrogens is 1. The molecule has 0 aliphatic rings. The Hall–Kier alpha value is -0.820. The molecule has 2 heteroatoms. The number of alkyl halides is 1. The molecule has 58 valence electrons. The maximum Gasteiger partial charge on any atom is 0.0696 e. The first-order chi connectivity index (χ1) is 5.25. The topological polar surface area (TPSA) is 12.9 Å². The molecule has 0 fully saturated rings. The van der Waals surface area contributed by atoms with Crippen LogP contribution in [0.4, 0.5) is 0 Å². The van der Waals surface area contributed by atoms with Gasteiger partial charge in [0.25, 0.3) is 0 Å². The lowest BCUT2D eigenvalue weighted by atomic mass is 10.1. The van der Waals surface area contributed by atoms with Gasteiger partial charge in [-0.15, -0.1) is 11.6 Å². The van der Waals surface area contributed by atoms with Crippen LogP contribution in [0.2, 0.25) is 0 Å². The molecule has 0 aliphatic carbocycles. The van der Waals surface area contributed by atoms with E-state index in [1.165, 1.54) is 0 Å². The summed E-state index contributed by atoms with van der Waals surface area (Å²) >= 11 is 5.62. The SMILES string of the molecule is C=C(CCl)c1ncccc1C. The molecule has 1 aromatic rings. The van der Waals surface area contributed by atoms with Gasteiger partial charge < -0.3 is 0 Å². The minimum Gasteiger partial charge on any atom is -0.256 e. The molecular formula is C9H10ClN. The molecule has 0 aliphatic heterocycles. The van der Waals surface area contributed by atoms with E-state index in [1.54, 1.807) is 6.20 Å². The van der Waals surface area contributed by atoms with E-state index in [2.05, 4.69) is 11.6 Å². The molecule has 1 heterocycles. The second-order valence-electron chi connectivity index (χ2n) is 2.41. The van der Waals surface area contributed by atoms with E-state index in [1.807, 2.05) is 19.1 Å². The molecular weight excluding hydrogens is 158 g/mol. The first kappa shape index (κ1) is 8.28. The van der Waals surface area contributed by atoms with Gasteiger partial charge in [0.05, 0.1) is 5.69 Å². The van der Waals surface area contributed by atoms with Crippen molar-refractivity contribution >= 4 is 17.2 Å². The Balaban J connectivity index is 3.03. The summed E-state index contributed by atoms with van der Waals surface area (Å²) in [6.07, 6.45) is 1.75. The molecule has 0 unspecified atom stereocenters. The Morgan fingerprint density at radius 1 is 1.73 bits per heavy atom. The van der Waals surface area contributed by atoms with Gasteiger partial charge in [-0.25, -0.2) is 0 Å². The van der Waals surface area contributed by atoms with E-state index < -0.39 is 0 Å². The first-order valence-corrected chi connectivity index (χ1v) is 3.95. The highest BCUT2D eigenvalue weighted by molar-refractivity contribution is 6.23. The molecule has 0 atom stereocenters. The van der Waals surface area contributed by atoms with Crippen LogP contribution in [0.25, 0.3) is 5.57 Å². The van der Waals surface area contributed by atoms with Gasteiger partial charge >= 0.3 is 0 Å². The van der Waals surface area contributed by atoms with Crippen LogP contribution in [0.1, 0.15) is 11.3 Å². The molecule has 11 heavy (non-hydrogen) atoms. The predicted octanol–water partition coefficient (Wildman–Crippen LogP) is 2.64. The van der Waals surface area contributed by atoms with Crippen LogP contribution in [-0.2, 0) is 0 Å². The van der Waals surface area contributed by atoms with Crippen LogP contribution in [0, 0.1) is 6.92 Å². The summed E-state index contributed by atoms with van der Waals surface area (Å²) in [4.78, 5) is 4.17. The number of hydrogen-bond donors (Lipinski definition) is 0. The van der Waals surface area contributed by atoms with Crippen molar-refractivity contribution < 1.29 is 0 Å². The lowest BCUT2D eigenvalue weighted by Gasteiger charge is -2.02. The smallest absolute Gasteiger partial charge is 0.0696 e. The number of halogens is 1. The second-order valence-corrected chi connectivity index (χ2v) is 2.67. The highest BCUT2D eigenvalue weighted by Gasteiger charge is 2.00. The van der Waals surface area contributed by atoms with Crippen LogP contribution < -0.4 is 0 Å². The molecule has 0 radical (unpaired) electrons. The zero-order chi connectivity index (χ0) is 8.27. The lowest BCUT2D eigenvalue weighted by Crippen LogP contribution is -1.91. The highest BCUT2D eigenvalue weighted by atomic mass is 35.5. The minimum atomic E-state index is 0.442. The van der Waals surface area contributed by atoms with Gasteiger partial charge in [-0.05, 0) is 24.1 Å². The fraction of sp³-hybridized carbons (Fsp3) is 0.222. The third-order valence-electron chi connectivity index (χ3n) is 1.51. The number of rotatable bonds is 2. The van der Waals surface area contributed by atoms with E-state index in [0.717, 1.165) is 16.8 Å². The van der Waals surface area contributed by atoms with E-state index in [0.29, 0.717) is 5.88 Å². The Labute approximate surface area is 71.7 Å². The van der Waals surface area contributed by atoms with Gasteiger partial charge in [-0.3, -0.25) is 4.98 Å². The zero-order valence-electron chi connectivity index (χ0n) is 6.47. The highest BCUT2D eigenvalue weighted by Crippen LogP contribution is 2.14. The number of nitrogens with zero attached hydrogens (tertiary/aromatic N) is 1. The number of hydrogen-bond acceptors (Lipinski definition) is 1. The van der Waals surface area contributed by atoms with Crippen LogP contribution in [-0.4, -0.2) is 10.9 Å². The third-order valence-corrected chi connectivity index (χ3v) is 1.83. The Morgan fingerprint density at radius 3 is 3.00 bits per heavy atom. The third kappa shape index (κ3) is 1.81. The summed E-state index contributed by atoms with van der Waals surface area (Å²) in [6, 6.07) is 3.90. The molecule has 0 bridgehead atoms. The minimum absolute atomic E-state index is 0.442. The van der Waals surface area contributed by atoms with Gasteiger partial charge in [0, 0.05) is 12.1 Å². The predicted molar refractivity (Wildman–Crippen MR) is 48.7 cm³/mol. The Morgan fingerprint density at radius 2 is 2.45 bits per heavy atom. The van der Waals surface area contributed by atoms with Gasteiger partial charge in [0.15, 0.2) is 0 Å². The van der Waals surface area contributed by atoms with Gasteiger partial charge in [-0.1, -0.05) is 12.6 Å². The molecule has 0 N–H and O–H groups in total. The summed E-state index contributed by atoms with van der Waals surface area (Å²) in [5.74, 6) is 0.442. The van der Waals surface area contributed by atoms with Crippen molar-refractivity contribution in [2.24, 2.45) is 0 Å². The van der Waals surface area contributed by atoms with Crippen molar-refractivity contribution in [3.05, 3.63) is 36.2 Å². The molecule has 0 saturated heterocycles. The Kier molecular flexibility index (Phi) is 2.66. The summed E-state index contributed by atoms with van der Waals surface area (Å²) in [5, 5.41) is 0. The van der Waals surface area contributed by atoms with Crippen LogP contribution in [0.3, 0.4) is 0 Å². The second kappa shape index (κ2) is 3.54. The monoisotopic (exact) mass is 167 g/mol. The van der Waals surface area contributed by atoms with Crippen LogP contribution in [0.15, 0.2) is 24.9 Å². The van der Waals surface area contributed by atoms with Gasteiger partial charge in [0.1, 0.15) is 0 Å².